The van der Waals surface area contributed by atoms with Crippen LogP contribution in [0, 0.1) is 0 Å². The third-order valence-corrected chi connectivity index (χ3v) is 2.78. The zero-order chi connectivity index (χ0) is 12.3. The highest BCUT2D eigenvalue weighted by atomic mass is 35.5. The molecule has 0 bridgehead atoms. The van der Waals surface area contributed by atoms with Crippen LogP contribution in [0.1, 0.15) is 23.3 Å². The molecule has 0 radical (unpaired) electrons. The van der Waals surface area contributed by atoms with Crippen molar-refractivity contribution in [1.29, 1.82) is 0 Å². The highest BCUT2D eigenvalue weighted by molar-refractivity contribution is 6.30. The Labute approximate surface area is 104 Å². The molecule has 1 atom stereocenters. The number of halogens is 1. The number of amides is 2. The SMILES string of the molecule is O=C1CCC(NC(=O)c2ccc(Cl)cn2)CN1. The van der Waals surface area contributed by atoms with Gasteiger partial charge in [0.15, 0.2) is 0 Å². The second kappa shape index (κ2) is 5.14. The van der Waals surface area contributed by atoms with Crippen LogP contribution in [0.2, 0.25) is 5.02 Å². The Morgan fingerprint density at radius 2 is 2.35 bits per heavy atom. The molecule has 0 saturated carbocycles. The number of hydrogen-bond donors (Lipinski definition) is 2. The third-order valence-electron chi connectivity index (χ3n) is 2.56. The van der Waals surface area contributed by atoms with E-state index in [0.29, 0.717) is 30.1 Å². The van der Waals surface area contributed by atoms with Crippen LogP contribution >= 0.6 is 11.6 Å². The minimum atomic E-state index is -0.247. The number of pyridine rings is 1. The van der Waals surface area contributed by atoms with Crippen molar-refractivity contribution >= 4 is 23.4 Å². The van der Waals surface area contributed by atoms with Crippen LogP contribution in [-0.4, -0.2) is 29.4 Å². The minimum absolute atomic E-state index is 0.0279. The van der Waals surface area contributed by atoms with E-state index in [0.717, 1.165) is 0 Å². The molecule has 1 aliphatic rings. The van der Waals surface area contributed by atoms with Crippen molar-refractivity contribution in [3.63, 3.8) is 0 Å². The van der Waals surface area contributed by atoms with E-state index in [-0.39, 0.29) is 17.9 Å². The molecule has 0 spiro atoms. The molecule has 1 aliphatic heterocycles. The molecule has 17 heavy (non-hydrogen) atoms. The fraction of sp³-hybridized carbons (Fsp3) is 0.364. The van der Waals surface area contributed by atoms with Crippen molar-refractivity contribution in [2.75, 3.05) is 6.54 Å². The summed E-state index contributed by atoms with van der Waals surface area (Å²) in [5.74, 6) is -0.220. The molecule has 2 amide bonds. The number of nitrogens with one attached hydrogen (secondary N) is 2. The third kappa shape index (κ3) is 3.17. The summed E-state index contributed by atoms with van der Waals surface area (Å²) in [5.41, 5.74) is 0.325. The van der Waals surface area contributed by atoms with Gasteiger partial charge in [-0.2, -0.15) is 0 Å². The first-order valence-corrected chi connectivity index (χ1v) is 5.72. The molecule has 2 rings (SSSR count). The maximum absolute atomic E-state index is 11.8. The fourth-order valence-electron chi connectivity index (χ4n) is 1.63. The van der Waals surface area contributed by atoms with E-state index in [1.165, 1.54) is 6.20 Å². The normalized spacial score (nSPS) is 19.6. The van der Waals surface area contributed by atoms with Crippen LogP contribution in [-0.2, 0) is 4.79 Å². The van der Waals surface area contributed by atoms with Gasteiger partial charge in [0.1, 0.15) is 5.69 Å². The molecule has 1 unspecified atom stereocenters. The Hall–Kier alpha value is -1.62. The molecule has 0 aromatic carbocycles. The van der Waals surface area contributed by atoms with Gasteiger partial charge < -0.3 is 10.6 Å². The second-order valence-corrected chi connectivity index (χ2v) is 4.31. The maximum atomic E-state index is 11.8. The summed E-state index contributed by atoms with van der Waals surface area (Å²) in [4.78, 5) is 26.7. The van der Waals surface area contributed by atoms with E-state index in [1.54, 1.807) is 12.1 Å². The number of aromatic nitrogens is 1. The molecule has 1 fully saturated rings. The van der Waals surface area contributed by atoms with Gasteiger partial charge in [0, 0.05) is 25.2 Å². The number of hydrogen-bond acceptors (Lipinski definition) is 3. The van der Waals surface area contributed by atoms with Crippen LogP contribution < -0.4 is 10.6 Å². The summed E-state index contributed by atoms with van der Waals surface area (Å²) in [6.07, 6.45) is 2.53. The number of piperidine rings is 1. The zero-order valence-corrected chi connectivity index (χ0v) is 9.83. The van der Waals surface area contributed by atoms with Crippen molar-refractivity contribution in [1.82, 2.24) is 15.6 Å². The van der Waals surface area contributed by atoms with Gasteiger partial charge in [0.05, 0.1) is 5.02 Å². The molecule has 6 heteroatoms. The maximum Gasteiger partial charge on any atom is 0.270 e. The molecule has 2 N–H and O–H groups in total. The molecule has 90 valence electrons. The van der Waals surface area contributed by atoms with Crippen molar-refractivity contribution in [3.8, 4) is 0 Å². The largest absolute Gasteiger partial charge is 0.354 e. The van der Waals surface area contributed by atoms with Gasteiger partial charge in [0.25, 0.3) is 5.91 Å². The van der Waals surface area contributed by atoms with E-state index in [2.05, 4.69) is 15.6 Å². The first kappa shape index (κ1) is 11.9. The molecule has 0 aliphatic carbocycles. The fourth-order valence-corrected chi connectivity index (χ4v) is 1.74. The standard InChI is InChI=1S/C11H12ClN3O2/c12-7-1-3-9(13-5-7)11(17)15-8-2-4-10(16)14-6-8/h1,3,5,8H,2,4,6H2,(H,14,16)(H,15,17). The lowest BCUT2D eigenvalue weighted by Gasteiger charge is -2.23. The van der Waals surface area contributed by atoms with Gasteiger partial charge >= 0.3 is 0 Å². The van der Waals surface area contributed by atoms with Gasteiger partial charge in [-0.3, -0.25) is 9.59 Å². The van der Waals surface area contributed by atoms with Crippen LogP contribution in [0.15, 0.2) is 18.3 Å². The lowest BCUT2D eigenvalue weighted by Crippen LogP contribution is -2.47. The Kier molecular flexibility index (Phi) is 3.58. The molecule has 2 heterocycles. The molecule has 1 saturated heterocycles. The summed E-state index contributed by atoms with van der Waals surface area (Å²) >= 11 is 5.68. The van der Waals surface area contributed by atoms with Gasteiger partial charge in [-0.1, -0.05) is 11.6 Å². The van der Waals surface area contributed by atoms with E-state index in [1.807, 2.05) is 0 Å². The summed E-state index contributed by atoms with van der Waals surface area (Å²) in [7, 11) is 0. The topological polar surface area (TPSA) is 71.1 Å². The second-order valence-electron chi connectivity index (χ2n) is 3.87. The Balaban J connectivity index is 1.93. The lowest BCUT2D eigenvalue weighted by molar-refractivity contribution is -0.122. The number of carbonyl (C=O) groups excluding carboxylic acids is 2. The van der Waals surface area contributed by atoms with Crippen LogP contribution in [0.3, 0.4) is 0 Å². The van der Waals surface area contributed by atoms with E-state index >= 15 is 0 Å². The van der Waals surface area contributed by atoms with E-state index in [9.17, 15) is 9.59 Å². The highest BCUT2D eigenvalue weighted by Gasteiger charge is 2.20. The van der Waals surface area contributed by atoms with Gasteiger partial charge in [0.2, 0.25) is 5.91 Å². The summed E-state index contributed by atoms with van der Waals surface area (Å²) in [5, 5.41) is 6.01. The average molecular weight is 254 g/mol. The number of nitrogens with zero attached hydrogens (tertiary/aromatic N) is 1. The smallest absolute Gasteiger partial charge is 0.270 e. The molecule has 1 aromatic rings. The molecule has 5 nitrogen and oxygen atoms in total. The summed E-state index contributed by atoms with van der Waals surface area (Å²) in [6, 6.07) is 3.16. The first-order valence-electron chi connectivity index (χ1n) is 5.34. The predicted octanol–water partition coefficient (Wildman–Crippen LogP) is 0.743. The van der Waals surface area contributed by atoms with Crippen molar-refractivity contribution < 1.29 is 9.59 Å². The number of carbonyl (C=O) groups is 2. The van der Waals surface area contributed by atoms with Crippen LogP contribution in [0.25, 0.3) is 0 Å². The van der Waals surface area contributed by atoms with Crippen molar-refractivity contribution in [2.45, 2.75) is 18.9 Å². The highest BCUT2D eigenvalue weighted by Crippen LogP contribution is 2.07. The monoisotopic (exact) mass is 253 g/mol. The van der Waals surface area contributed by atoms with E-state index < -0.39 is 0 Å². The van der Waals surface area contributed by atoms with Gasteiger partial charge in [-0.15, -0.1) is 0 Å². The Morgan fingerprint density at radius 1 is 1.53 bits per heavy atom. The van der Waals surface area contributed by atoms with Crippen LogP contribution in [0.4, 0.5) is 0 Å². The molecular formula is C11H12ClN3O2. The predicted molar refractivity (Wildman–Crippen MR) is 62.7 cm³/mol. The first-order chi connectivity index (χ1) is 8.15. The quantitative estimate of drug-likeness (QED) is 0.817. The van der Waals surface area contributed by atoms with E-state index in [4.69, 9.17) is 11.6 Å². The average Bonchev–Trinajstić information content (AvgIpc) is 2.33. The molecule has 1 aromatic heterocycles. The van der Waals surface area contributed by atoms with Gasteiger partial charge in [-0.05, 0) is 18.6 Å². The van der Waals surface area contributed by atoms with Crippen LogP contribution in [0.5, 0.6) is 0 Å². The van der Waals surface area contributed by atoms with Crippen molar-refractivity contribution in [2.24, 2.45) is 0 Å². The summed E-state index contributed by atoms with van der Waals surface area (Å²) in [6.45, 7) is 0.470. The Bertz CT molecular complexity index is 423. The summed E-state index contributed by atoms with van der Waals surface area (Å²) < 4.78 is 0. The lowest BCUT2D eigenvalue weighted by atomic mass is 10.1. The zero-order valence-electron chi connectivity index (χ0n) is 9.07. The minimum Gasteiger partial charge on any atom is -0.354 e. The number of rotatable bonds is 2. The van der Waals surface area contributed by atoms with Crippen molar-refractivity contribution in [3.05, 3.63) is 29.0 Å². The van der Waals surface area contributed by atoms with Gasteiger partial charge in [-0.25, -0.2) is 4.98 Å². The Morgan fingerprint density at radius 3 is 2.94 bits per heavy atom. The molecular weight excluding hydrogens is 242 g/mol.